The van der Waals surface area contributed by atoms with Crippen molar-refractivity contribution in [3.63, 3.8) is 0 Å². The number of ketones is 1. The van der Waals surface area contributed by atoms with E-state index in [-0.39, 0.29) is 23.8 Å². The number of thiophene rings is 1. The summed E-state index contributed by atoms with van der Waals surface area (Å²) in [7, 11) is 3.76. The summed E-state index contributed by atoms with van der Waals surface area (Å²) in [5.41, 5.74) is 1.78. The standard InChI is InChI=1S/C22H21N3O3S/c1-14(26)25(12-15-7-5-4-6-8-15)22-20(19(28)11-23)16-9-10-18(27)17(13-24(2)3)21(16)29-22/h4-10,27H,12-13H2,1-3H3. The van der Waals surface area contributed by atoms with Gasteiger partial charge in [-0.25, -0.2) is 0 Å². The highest BCUT2D eigenvalue weighted by atomic mass is 32.1. The topological polar surface area (TPSA) is 84.6 Å². The number of hydrogen-bond acceptors (Lipinski definition) is 6. The van der Waals surface area contributed by atoms with Crippen LogP contribution in [-0.2, 0) is 17.9 Å². The summed E-state index contributed by atoms with van der Waals surface area (Å²) >= 11 is 1.25. The van der Waals surface area contributed by atoms with E-state index in [9.17, 15) is 20.0 Å². The Bertz CT molecular complexity index is 1110. The average Bonchev–Trinajstić information content (AvgIpc) is 3.07. The highest BCUT2D eigenvalue weighted by Crippen LogP contribution is 2.43. The smallest absolute Gasteiger partial charge is 0.265 e. The zero-order valence-corrected chi connectivity index (χ0v) is 17.3. The lowest BCUT2D eigenvalue weighted by Gasteiger charge is -2.20. The Morgan fingerprint density at radius 3 is 2.38 bits per heavy atom. The van der Waals surface area contributed by atoms with Gasteiger partial charge in [-0.05, 0) is 31.8 Å². The molecule has 0 saturated carbocycles. The van der Waals surface area contributed by atoms with Crippen LogP contribution in [-0.4, -0.2) is 35.8 Å². The van der Waals surface area contributed by atoms with Gasteiger partial charge in [-0.15, -0.1) is 11.3 Å². The first kappa shape index (κ1) is 20.5. The SMILES string of the molecule is CC(=O)N(Cc1ccccc1)c1sc2c(CN(C)C)c(O)ccc2c1C(=O)C#N. The molecule has 0 fully saturated rings. The fraction of sp³-hybridized carbons (Fsp3) is 0.227. The molecule has 0 radical (unpaired) electrons. The van der Waals surface area contributed by atoms with Gasteiger partial charge in [0.25, 0.3) is 5.78 Å². The van der Waals surface area contributed by atoms with Crippen molar-refractivity contribution in [2.24, 2.45) is 0 Å². The number of fused-ring (bicyclic) bond motifs is 1. The van der Waals surface area contributed by atoms with Crippen LogP contribution in [0.3, 0.4) is 0 Å². The molecule has 7 heteroatoms. The van der Waals surface area contributed by atoms with Crippen LogP contribution in [0.25, 0.3) is 10.1 Å². The Balaban J connectivity index is 2.25. The molecule has 3 aromatic rings. The second-order valence-corrected chi connectivity index (χ2v) is 7.99. The van der Waals surface area contributed by atoms with Crippen molar-refractivity contribution >= 4 is 38.1 Å². The van der Waals surface area contributed by atoms with E-state index in [0.29, 0.717) is 27.2 Å². The lowest BCUT2D eigenvalue weighted by molar-refractivity contribution is -0.116. The Labute approximate surface area is 173 Å². The first-order chi connectivity index (χ1) is 13.8. The number of anilines is 1. The first-order valence-corrected chi connectivity index (χ1v) is 9.83. The summed E-state index contributed by atoms with van der Waals surface area (Å²) in [5.74, 6) is -0.815. The van der Waals surface area contributed by atoms with Crippen molar-refractivity contribution in [3.05, 3.63) is 59.2 Å². The molecule has 6 nitrogen and oxygen atoms in total. The molecule has 0 aliphatic rings. The minimum Gasteiger partial charge on any atom is -0.508 e. The number of hydrogen-bond donors (Lipinski definition) is 1. The van der Waals surface area contributed by atoms with Gasteiger partial charge in [0.05, 0.1) is 12.1 Å². The van der Waals surface area contributed by atoms with Crippen molar-refractivity contribution in [1.29, 1.82) is 5.26 Å². The number of carbonyl (C=O) groups excluding carboxylic acids is 2. The highest BCUT2D eigenvalue weighted by molar-refractivity contribution is 7.23. The number of Topliss-reactive ketones (excluding diaryl/α,β-unsaturated/α-hetero) is 1. The summed E-state index contributed by atoms with van der Waals surface area (Å²) in [5, 5.41) is 20.7. The van der Waals surface area contributed by atoms with Crippen molar-refractivity contribution < 1.29 is 14.7 Å². The molecule has 3 rings (SSSR count). The quantitative estimate of drug-likeness (QED) is 0.494. The molecule has 2 aromatic carbocycles. The monoisotopic (exact) mass is 407 g/mol. The van der Waals surface area contributed by atoms with E-state index in [1.165, 1.54) is 29.2 Å². The summed E-state index contributed by atoms with van der Waals surface area (Å²) in [6.45, 7) is 2.18. The predicted octanol–water partition coefficient (Wildman–Crippen LogP) is 3.93. The van der Waals surface area contributed by atoms with E-state index in [1.54, 1.807) is 12.1 Å². The number of phenols is 1. The van der Waals surface area contributed by atoms with Gasteiger partial charge in [-0.2, -0.15) is 5.26 Å². The lowest BCUT2D eigenvalue weighted by Crippen LogP contribution is -2.28. The number of carbonyl (C=O) groups is 2. The lowest BCUT2D eigenvalue weighted by atomic mass is 10.0. The number of phenolic OH excluding ortho intramolecular Hbond substituents is 1. The highest BCUT2D eigenvalue weighted by Gasteiger charge is 2.27. The van der Waals surface area contributed by atoms with Crippen molar-refractivity contribution in [1.82, 2.24) is 4.90 Å². The molecule has 29 heavy (non-hydrogen) atoms. The molecule has 148 valence electrons. The second kappa shape index (κ2) is 8.43. The molecule has 0 spiro atoms. The van der Waals surface area contributed by atoms with Crippen LogP contribution in [0, 0.1) is 11.3 Å². The maximum Gasteiger partial charge on any atom is 0.265 e. The third kappa shape index (κ3) is 4.14. The maximum absolute atomic E-state index is 12.5. The van der Waals surface area contributed by atoms with Gasteiger partial charge in [-0.1, -0.05) is 30.3 Å². The number of amides is 1. The zero-order chi connectivity index (χ0) is 21.1. The summed E-state index contributed by atoms with van der Waals surface area (Å²) < 4.78 is 0.701. The van der Waals surface area contributed by atoms with E-state index in [4.69, 9.17) is 0 Å². The Morgan fingerprint density at radius 2 is 1.79 bits per heavy atom. The normalized spacial score (nSPS) is 10.9. The van der Waals surface area contributed by atoms with Gasteiger partial charge in [0.2, 0.25) is 5.91 Å². The molecule has 1 aromatic heterocycles. The van der Waals surface area contributed by atoms with Gasteiger partial charge < -0.3 is 10.0 Å². The predicted molar refractivity (Wildman–Crippen MR) is 114 cm³/mol. The van der Waals surface area contributed by atoms with Gasteiger partial charge >= 0.3 is 0 Å². The molecular weight excluding hydrogens is 386 g/mol. The molecule has 0 unspecified atom stereocenters. The maximum atomic E-state index is 12.5. The van der Waals surface area contributed by atoms with E-state index in [0.717, 1.165) is 5.56 Å². The molecule has 1 heterocycles. The first-order valence-electron chi connectivity index (χ1n) is 9.02. The Morgan fingerprint density at radius 1 is 1.10 bits per heavy atom. The van der Waals surface area contributed by atoms with E-state index >= 15 is 0 Å². The number of benzene rings is 2. The molecular formula is C22H21N3O3S. The summed E-state index contributed by atoms with van der Waals surface area (Å²) in [6, 6.07) is 14.3. The zero-order valence-electron chi connectivity index (χ0n) is 16.5. The van der Waals surface area contributed by atoms with Crippen LogP contribution in [0.5, 0.6) is 5.75 Å². The van der Waals surface area contributed by atoms with Crippen molar-refractivity contribution in [2.45, 2.75) is 20.0 Å². The minimum atomic E-state index is -0.702. The molecule has 0 aliphatic heterocycles. The summed E-state index contributed by atoms with van der Waals surface area (Å²) in [4.78, 5) is 28.5. The van der Waals surface area contributed by atoms with Crippen molar-refractivity contribution in [3.8, 4) is 11.8 Å². The molecule has 1 amide bonds. The van der Waals surface area contributed by atoms with Gasteiger partial charge in [0.15, 0.2) is 0 Å². The van der Waals surface area contributed by atoms with Gasteiger partial charge in [0, 0.05) is 29.1 Å². The number of rotatable bonds is 6. The van der Waals surface area contributed by atoms with E-state index in [2.05, 4.69) is 0 Å². The average molecular weight is 407 g/mol. The summed E-state index contributed by atoms with van der Waals surface area (Å²) in [6.07, 6.45) is 0. The molecule has 0 atom stereocenters. The van der Waals surface area contributed by atoms with Crippen LogP contribution in [0.4, 0.5) is 5.00 Å². The van der Waals surface area contributed by atoms with Gasteiger partial charge in [0.1, 0.15) is 16.8 Å². The second-order valence-electron chi connectivity index (χ2n) is 6.99. The van der Waals surface area contributed by atoms with Crippen LogP contribution >= 0.6 is 11.3 Å². The van der Waals surface area contributed by atoms with Crippen LogP contribution in [0.2, 0.25) is 0 Å². The fourth-order valence-electron chi connectivity index (χ4n) is 3.22. The van der Waals surface area contributed by atoms with E-state index in [1.807, 2.05) is 49.3 Å². The molecule has 1 N–H and O–H groups in total. The third-order valence-corrected chi connectivity index (χ3v) is 5.82. The number of nitrogens with zero attached hydrogens (tertiary/aromatic N) is 3. The van der Waals surface area contributed by atoms with Crippen molar-refractivity contribution in [2.75, 3.05) is 19.0 Å². The van der Waals surface area contributed by atoms with E-state index < -0.39 is 5.78 Å². The number of nitriles is 1. The van der Waals surface area contributed by atoms with Crippen LogP contribution in [0.15, 0.2) is 42.5 Å². The molecule has 0 aliphatic carbocycles. The largest absolute Gasteiger partial charge is 0.508 e. The Hall–Kier alpha value is -3.21. The third-order valence-electron chi connectivity index (χ3n) is 4.53. The molecule has 0 bridgehead atoms. The van der Waals surface area contributed by atoms with Crippen LogP contribution in [0.1, 0.15) is 28.4 Å². The fourth-order valence-corrected chi connectivity index (χ4v) is 4.59. The van der Waals surface area contributed by atoms with Gasteiger partial charge in [-0.3, -0.25) is 14.5 Å². The molecule has 0 saturated heterocycles. The Kier molecular flexibility index (Phi) is 5.97. The van der Waals surface area contributed by atoms with Crippen LogP contribution < -0.4 is 4.90 Å². The minimum absolute atomic E-state index is 0.118. The number of aromatic hydroxyl groups is 1.